The van der Waals surface area contributed by atoms with Gasteiger partial charge in [-0.3, -0.25) is 9.98 Å². The number of hydrogen-bond donors (Lipinski definition) is 1. The first kappa shape index (κ1) is 12.6. The maximum Gasteiger partial charge on any atom is 0.140 e. The van der Waals surface area contributed by atoms with Gasteiger partial charge in [0.05, 0.1) is 11.8 Å². The van der Waals surface area contributed by atoms with E-state index in [0.29, 0.717) is 0 Å². The molecule has 1 aliphatic heterocycles. The lowest BCUT2D eigenvalue weighted by molar-refractivity contribution is 0.505. The minimum Gasteiger partial charge on any atom is -0.366 e. The fourth-order valence-corrected chi connectivity index (χ4v) is 1.88. The van der Waals surface area contributed by atoms with E-state index in [0.717, 1.165) is 17.0 Å². The Hall–Kier alpha value is -1.90. The summed E-state index contributed by atoms with van der Waals surface area (Å²) in [4.78, 5) is 9.18. The van der Waals surface area contributed by atoms with E-state index in [1.807, 2.05) is 13.1 Å². The molecule has 0 fully saturated rings. The first-order valence-electron chi connectivity index (χ1n) is 6.16. The van der Waals surface area contributed by atoms with Crippen LogP contribution in [-0.4, -0.2) is 24.1 Å². The molecule has 2 rings (SSSR count). The van der Waals surface area contributed by atoms with Crippen molar-refractivity contribution in [2.45, 2.75) is 33.0 Å². The molecule has 1 aromatic carbocycles. The summed E-state index contributed by atoms with van der Waals surface area (Å²) >= 11 is 0. The van der Waals surface area contributed by atoms with Gasteiger partial charge in [0.2, 0.25) is 0 Å². The number of nitrogens with one attached hydrogen (secondary N) is 1. The first-order valence-corrected chi connectivity index (χ1v) is 6.16. The lowest BCUT2D eigenvalue weighted by Crippen LogP contribution is -2.38. The fraction of sp³-hybridized carbons (Fsp3) is 0.333. The Balaban J connectivity index is 2.16. The molecule has 1 heterocycles. The van der Waals surface area contributed by atoms with Crippen molar-refractivity contribution in [2.24, 2.45) is 9.98 Å². The number of nitrogens with zero attached hydrogens (tertiary/aromatic N) is 2. The molecule has 94 valence electrons. The first-order chi connectivity index (χ1) is 8.56. The van der Waals surface area contributed by atoms with Crippen molar-refractivity contribution in [2.75, 3.05) is 0 Å². The predicted molar refractivity (Wildman–Crippen MR) is 77.4 cm³/mol. The van der Waals surface area contributed by atoms with Gasteiger partial charge in [-0.2, -0.15) is 0 Å². The highest BCUT2D eigenvalue weighted by Crippen LogP contribution is 2.12. The fourth-order valence-electron chi connectivity index (χ4n) is 1.88. The number of benzene rings is 1. The normalized spacial score (nSPS) is 22.5. The average molecular weight is 241 g/mol. The molecule has 2 atom stereocenters. The van der Waals surface area contributed by atoms with E-state index in [-0.39, 0.29) is 12.2 Å². The second kappa shape index (κ2) is 5.17. The Bertz CT molecular complexity index is 497. The predicted octanol–water partition coefficient (Wildman–Crippen LogP) is 2.71. The van der Waals surface area contributed by atoms with Crippen LogP contribution < -0.4 is 5.32 Å². The van der Waals surface area contributed by atoms with Crippen molar-refractivity contribution in [3.05, 3.63) is 47.7 Å². The Labute approximate surface area is 108 Å². The minimum absolute atomic E-state index is 0.00306. The summed E-state index contributed by atoms with van der Waals surface area (Å²) in [6.45, 7) is 9.91. The minimum atomic E-state index is -0.00306. The van der Waals surface area contributed by atoms with E-state index in [1.54, 1.807) is 0 Å². The molecule has 0 radical (unpaired) electrons. The number of hydrogen-bond acceptors (Lipinski definition) is 3. The third kappa shape index (κ3) is 2.86. The van der Waals surface area contributed by atoms with Gasteiger partial charge >= 0.3 is 0 Å². The molecule has 0 amide bonds. The summed E-state index contributed by atoms with van der Waals surface area (Å²) in [5.74, 6) is 0. The van der Waals surface area contributed by atoms with Gasteiger partial charge in [0.1, 0.15) is 6.17 Å². The molecule has 2 unspecified atom stereocenters. The summed E-state index contributed by atoms with van der Waals surface area (Å²) in [7, 11) is 0. The molecule has 0 saturated carbocycles. The molecule has 3 heteroatoms. The molecule has 0 aliphatic carbocycles. The zero-order valence-electron chi connectivity index (χ0n) is 11.1. The lowest BCUT2D eigenvalue weighted by atomic mass is 10.1. The monoisotopic (exact) mass is 241 g/mol. The standard InChI is InChI=1S/C15H19N3/c1-10(2)17-15-12(4)18-14(9-16-15)13-7-5-11(3)6-8-13/h5-9,12,15,17H,1H2,2-4H3. The van der Waals surface area contributed by atoms with Gasteiger partial charge in [-0.05, 0) is 20.8 Å². The summed E-state index contributed by atoms with van der Waals surface area (Å²) in [5, 5.41) is 3.21. The van der Waals surface area contributed by atoms with Gasteiger partial charge < -0.3 is 5.32 Å². The van der Waals surface area contributed by atoms with Crippen LogP contribution in [0.25, 0.3) is 0 Å². The van der Waals surface area contributed by atoms with Crippen molar-refractivity contribution in [1.82, 2.24) is 5.32 Å². The summed E-state index contributed by atoms with van der Waals surface area (Å²) in [5.41, 5.74) is 4.23. The van der Waals surface area contributed by atoms with Gasteiger partial charge in [-0.15, -0.1) is 0 Å². The molecule has 0 aromatic heterocycles. The van der Waals surface area contributed by atoms with E-state index in [9.17, 15) is 0 Å². The second-order valence-electron chi connectivity index (χ2n) is 4.77. The SMILES string of the molecule is C=C(C)NC1N=CC(c2ccc(C)cc2)=NC1C. The molecule has 18 heavy (non-hydrogen) atoms. The number of allylic oxidation sites excluding steroid dienone is 1. The Morgan fingerprint density at radius 3 is 2.50 bits per heavy atom. The van der Waals surface area contributed by atoms with Gasteiger partial charge in [-0.25, -0.2) is 0 Å². The zero-order valence-corrected chi connectivity index (χ0v) is 11.1. The second-order valence-corrected chi connectivity index (χ2v) is 4.77. The summed E-state index contributed by atoms with van der Waals surface area (Å²) < 4.78 is 0. The van der Waals surface area contributed by atoms with E-state index in [1.165, 1.54) is 5.56 Å². The van der Waals surface area contributed by atoms with E-state index in [4.69, 9.17) is 0 Å². The smallest absolute Gasteiger partial charge is 0.140 e. The number of rotatable bonds is 3. The van der Waals surface area contributed by atoms with Crippen LogP contribution in [0.5, 0.6) is 0 Å². The number of aliphatic imine (C=N–C) groups is 2. The van der Waals surface area contributed by atoms with Gasteiger partial charge in [0.25, 0.3) is 0 Å². The van der Waals surface area contributed by atoms with Crippen molar-refractivity contribution in [1.29, 1.82) is 0 Å². The zero-order chi connectivity index (χ0) is 13.1. The van der Waals surface area contributed by atoms with Crippen molar-refractivity contribution in [3.8, 4) is 0 Å². The molecule has 3 nitrogen and oxygen atoms in total. The molecule has 0 bridgehead atoms. The Morgan fingerprint density at radius 2 is 1.94 bits per heavy atom. The van der Waals surface area contributed by atoms with Crippen molar-refractivity contribution < 1.29 is 0 Å². The van der Waals surface area contributed by atoms with Crippen LogP contribution in [0.3, 0.4) is 0 Å². The third-order valence-corrected chi connectivity index (χ3v) is 2.90. The Kier molecular flexibility index (Phi) is 3.60. The topological polar surface area (TPSA) is 36.8 Å². The van der Waals surface area contributed by atoms with Crippen LogP contribution in [0.4, 0.5) is 0 Å². The van der Waals surface area contributed by atoms with Crippen LogP contribution >= 0.6 is 0 Å². The Morgan fingerprint density at radius 1 is 1.28 bits per heavy atom. The van der Waals surface area contributed by atoms with Crippen LogP contribution in [0, 0.1) is 6.92 Å². The summed E-state index contributed by atoms with van der Waals surface area (Å²) in [6.07, 6.45) is 1.84. The summed E-state index contributed by atoms with van der Waals surface area (Å²) in [6, 6.07) is 8.46. The molecule has 1 N–H and O–H groups in total. The van der Waals surface area contributed by atoms with Crippen LogP contribution in [-0.2, 0) is 0 Å². The maximum atomic E-state index is 4.68. The highest BCUT2D eigenvalue weighted by Gasteiger charge is 2.19. The molecule has 0 spiro atoms. The third-order valence-electron chi connectivity index (χ3n) is 2.90. The van der Waals surface area contributed by atoms with Crippen LogP contribution in [0.1, 0.15) is 25.0 Å². The van der Waals surface area contributed by atoms with Crippen molar-refractivity contribution in [3.63, 3.8) is 0 Å². The van der Waals surface area contributed by atoms with Crippen molar-refractivity contribution >= 4 is 11.9 Å². The molecule has 0 saturated heterocycles. The highest BCUT2D eigenvalue weighted by molar-refractivity contribution is 6.38. The van der Waals surface area contributed by atoms with Crippen LogP contribution in [0.15, 0.2) is 46.5 Å². The van der Waals surface area contributed by atoms with E-state index in [2.05, 4.69) is 60.0 Å². The number of aryl methyl sites for hydroxylation is 1. The molecule has 1 aromatic rings. The lowest BCUT2D eigenvalue weighted by Gasteiger charge is -2.23. The molecular formula is C15H19N3. The average Bonchev–Trinajstić information content (AvgIpc) is 2.32. The highest BCUT2D eigenvalue weighted by atomic mass is 15.1. The quantitative estimate of drug-likeness (QED) is 0.868. The molecule has 1 aliphatic rings. The maximum absolute atomic E-state index is 4.68. The van der Waals surface area contributed by atoms with E-state index >= 15 is 0 Å². The van der Waals surface area contributed by atoms with E-state index < -0.39 is 0 Å². The molecular weight excluding hydrogens is 222 g/mol. The van der Waals surface area contributed by atoms with Gasteiger partial charge in [0.15, 0.2) is 0 Å². The van der Waals surface area contributed by atoms with Gasteiger partial charge in [0, 0.05) is 17.5 Å². The van der Waals surface area contributed by atoms with Crippen LogP contribution in [0.2, 0.25) is 0 Å². The van der Waals surface area contributed by atoms with Gasteiger partial charge in [-0.1, -0.05) is 36.4 Å². The largest absolute Gasteiger partial charge is 0.366 e.